The van der Waals surface area contributed by atoms with Crippen LogP contribution < -0.4 is 10.1 Å². The van der Waals surface area contributed by atoms with Gasteiger partial charge in [-0.15, -0.1) is 0 Å². The van der Waals surface area contributed by atoms with Crippen molar-refractivity contribution in [1.29, 1.82) is 0 Å². The molecule has 22 heavy (non-hydrogen) atoms. The van der Waals surface area contributed by atoms with Gasteiger partial charge >= 0.3 is 0 Å². The minimum absolute atomic E-state index is 0.164. The van der Waals surface area contributed by atoms with Gasteiger partial charge in [0.15, 0.2) is 0 Å². The van der Waals surface area contributed by atoms with Gasteiger partial charge in [0.1, 0.15) is 12.4 Å². The number of piperidine rings is 1. The van der Waals surface area contributed by atoms with Crippen molar-refractivity contribution in [1.82, 2.24) is 4.90 Å². The Kier molecular flexibility index (Phi) is 4.62. The number of fused-ring (bicyclic) bond motifs is 1. The maximum absolute atomic E-state index is 6.35. The highest BCUT2D eigenvalue weighted by Gasteiger charge is 2.36. The second-order valence-electron chi connectivity index (χ2n) is 7.34. The first kappa shape index (κ1) is 15.7. The first-order chi connectivity index (χ1) is 10.6. The molecule has 2 aliphatic heterocycles. The van der Waals surface area contributed by atoms with Gasteiger partial charge in [0.05, 0.1) is 5.54 Å². The lowest BCUT2D eigenvalue weighted by molar-refractivity contribution is -0.00163. The summed E-state index contributed by atoms with van der Waals surface area (Å²) >= 11 is 0. The number of rotatable bonds is 4. The molecule has 1 N–H and O–H groups in total. The Morgan fingerprint density at radius 3 is 2.95 bits per heavy atom. The Morgan fingerprint density at radius 2 is 2.14 bits per heavy atom. The van der Waals surface area contributed by atoms with Gasteiger partial charge in [0, 0.05) is 23.8 Å². The Balaban J connectivity index is 1.74. The third-order valence-corrected chi connectivity index (χ3v) is 5.27. The minimum Gasteiger partial charge on any atom is -0.491 e. The molecular formula is C19H30N2O. The fourth-order valence-corrected chi connectivity index (χ4v) is 4.08. The number of ether oxygens (including phenoxy) is 1. The van der Waals surface area contributed by atoms with Crippen LogP contribution in [0.3, 0.4) is 0 Å². The number of likely N-dealkylation sites (tertiary alicyclic amines) is 1. The van der Waals surface area contributed by atoms with Gasteiger partial charge < -0.3 is 10.1 Å². The average Bonchev–Trinajstić information content (AvgIpc) is 2.53. The van der Waals surface area contributed by atoms with Crippen LogP contribution in [0.25, 0.3) is 0 Å². The second-order valence-corrected chi connectivity index (χ2v) is 7.34. The predicted octanol–water partition coefficient (Wildman–Crippen LogP) is 4.08. The van der Waals surface area contributed by atoms with Gasteiger partial charge in [-0.2, -0.15) is 0 Å². The first-order valence-electron chi connectivity index (χ1n) is 8.85. The Morgan fingerprint density at radius 1 is 1.27 bits per heavy atom. The van der Waals surface area contributed by atoms with Crippen molar-refractivity contribution in [3.63, 3.8) is 0 Å². The van der Waals surface area contributed by atoms with Gasteiger partial charge in [0.2, 0.25) is 0 Å². The normalized spacial score (nSPS) is 25.6. The molecule has 0 spiro atoms. The zero-order valence-electron chi connectivity index (χ0n) is 14.3. The maximum atomic E-state index is 6.35. The summed E-state index contributed by atoms with van der Waals surface area (Å²) in [4.78, 5) is 2.63. The molecule has 2 aliphatic rings. The summed E-state index contributed by atoms with van der Waals surface area (Å²) < 4.78 is 6.35. The van der Waals surface area contributed by atoms with Crippen molar-refractivity contribution in [2.24, 2.45) is 0 Å². The summed E-state index contributed by atoms with van der Waals surface area (Å²) in [5.41, 5.74) is 2.79. The molecule has 0 radical (unpaired) electrons. The molecule has 2 heterocycles. The molecule has 1 aromatic carbocycles. The smallest absolute Gasteiger partial charge is 0.124 e. The molecule has 1 atom stereocenters. The molecule has 1 unspecified atom stereocenters. The van der Waals surface area contributed by atoms with Gasteiger partial charge in [-0.25, -0.2) is 0 Å². The third-order valence-electron chi connectivity index (χ3n) is 5.27. The summed E-state index contributed by atoms with van der Waals surface area (Å²) in [7, 11) is 0. The largest absolute Gasteiger partial charge is 0.491 e. The average molecular weight is 302 g/mol. The Hall–Kier alpha value is -1.22. The van der Waals surface area contributed by atoms with Crippen LogP contribution in [0.4, 0.5) is 5.69 Å². The summed E-state index contributed by atoms with van der Waals surface area (Å²) in [6.45, 7) is 10.1. The van der Waals surface area contributed by atoms with Gasteiger partial charge in [-0.1, -0.05) is 12.5 Å². The highest BCUT2D eigenvalue weighted by atomic mass is 16.5. The lowest BCUT2D eigenvalue weighted by Crippen LogP contribution is -2.56. The first-order valence-corrected chi connectivity index (χ1v) is 8.85. The number of benzene rings is 1. The van der Waals surface area contributed by atoms with Crippen molar-refractivity contribution < 1.29 is 4.74 Å². The fourth-order valence-electron chi connectivity index (χ4n) is 4.08. The van der Waals surface area contributed by atoms with Crippen LogP contribution in [0.2, 0.25) is 0 Å². The van der Waals surface area contributed by atoms with Crippen LogP contribution in [0.5, 0.6) is 5.75 Å². The van der Waals surface area contributed by atoms with Gasteiger partial charge in [-0.05, 0) is 65.1 Å². The number of anilines is 1. The van der Waals surface area contributed by atoms with Crippen LogP contribution in [-0.2, 0) is 6.42 Å². The molecule has 1 fully saturated rings. The summed E-state index contributed by atoms with van der Waals surface area (Å²) in [6, 6.07) is 7.00. The van der Waals surface area contributed by atoms with E-state index >= 15 is 0 Å². The highest BCUT2D eigenvalue weighted by molar-refractivity contribution is 5.59. The number of hydrogen-bond donors (Lipinski definition) is 1. The Bertz CT molecular complexity index is 514. The SMILES string of the molecule is CC(C)N1CCCCC1(C)COc1cccc2c1CCCN2. The van der Waals surface area contributed by atoms with E-state index in [4.69, 9.17) is 4.74 Å². The maximum Gasteiger partial charge on any atom is 0.124 e. The second kappa shape index (κ2) is 6.49. The third kappa shape index (κ3) is 3.10. The van der Waals surface area contributed by atoms with Gasteiger partial charge in [0.25, 0.3) is 0 Å². The van der Waals surface area contributed by atoms with Gasteiger partial charge in [-0.3, -0.25) is 4.90 Å². The molecule has 1 saturated heterocycles. The van der Waals surface area contributed by atoms with Crippen LogP contribution in [0.1, 0.15) is 52.0 Å². The van der Waals surface area contributed by atoms with Crippen molar-refractivity contribution in [3.05, 3.63) is 23.8 Å². The van der Waals surface area contributed by atoms with E-state index in [-0.39, 0.29) is 5.54 Å². The molecular weight excluding hydrogens is 272 g/mol. The molecule has 1 aromatic rings. The van der Waals surface area contributed by atoms with Crippen LogP contribution in [-0.4, -0.2) is 36.2 Å². The zero-order valence-corrected chi connectivity index (χ0v) is 14.3. The minimum atomic E-state index is 0.164. The molecule has 3 rings (SSSR count). The van der Waals surface area contributed by atoms with E-state index in [0.717, 1.165) is 25.3 Å². The van der Waals surface area contributed by atoms with Crippen molar-refractivity contribution in [2.45, 2.75) is 64.5 Å². The molecule has 0 bridgehead atoms. The summed E-state index contributed by atoms with van der Waals surface area (Å²) in [5, 5.41) is 3.49. The standard InChI is InChI=1S/C19H30N2O/c1-15(2)21-13-5-4-11-19(21,3)14-22-18-10-6-9-17-16(18)8-7-12-20-17/h6,9-10,15,20H,4-5,7-8,11-14H2,1-3H3. The van der Waals surface area contributed by atoms with Crippen molar-refractivity contribution >= 4 is 5.69 Å². The van der Waals surface area contributed by atoms with Crippen molar-refractivity contribution in [3.8, 4) is 5.75 Å². The quantitative estimate of drug-likeness (QED) is 0.907. The lowest BCUT2D eigenvalue weighted by atomic mass is 9.88. The molecule has 3 heteroatoms. The van der Waals surface area contributed by atoms with E-state index in [0.29, 0.717) is 6.04 Å². The number of nitrogens with zero attached hydrogens (tertiary/aromatic N) is 1. The molecule has 0 amide bonds. The number of hydrogen-bond acceptors (Lipinski definition) is 3. The van der Waals surface area contributed by atoms with Crippen LogP contribution >= 0.6 is 0 Å². The monoisotopic (exact) mass is 302 g/mol. The summed E-state index contributed by atoms with van der Waals surface area (Å²) in [6.07, 6.45) is 6.19. The molecule has 122 valence electrons. The van der Waals surface area contributed by atoms with Crippen LogP contribution in [0.15, 0.2) is 18.2 Å². The predicted molar refractivity (Wildman–Crippen MR) is 92.8 cm³/mol. The summed E-state index contributed by atoms with van der Waals surface area (Å²) in [5.74, 6) is 1.08. The highest BCUT2D eigenvalue weighted by Crippen LogP contribution is 2.34. The van der Waals surface area contributed by atoms with Crippen LogP contribution in [0, 0.1) is 0 Å². The van der Waals surface area contributed by atoms with Crippen molar-refractivity contribution in [2.75, 3.05) is 25.0 Å². The van der Waals surface area contributed by atoms with E-state index < -0.39 is 0 Å². The van der Waals surface area contributed by atoms with E-state index in [9.17, 15) is 0 Å². The van der Waals surface area contributed by atoms with E-state index in [1.165, 1.54) is 43.5 Å². The zero-order chi connectivity index (χ0) is 15.6. The molecule has 0 aromatic heterocycles. The molecule has 0 saturated carbocycles. The lowest BCUT2D eigenvalue weighted by Gasteiger charge is -2.47. The fraction of sp³-hybridized carbons (Fsp3) is 0.684. The topological polar surface area (TPSA) is 24.5 Å². The molecule has 3 nitrogen and oxygen atoms in total. The molecule has 0 aliphatic carbocycles. The number of nitrogens with one attached hydrogen (secondary N) is 1. The van der Waals surface area contributed by atoms with E-state index in [1.54, 1.807) is 0 Å². The van der Waals surface area contributed by atoms with E-state index in [1.807, 2.05) is 0 Å². The van der Waals surface area contributed by atoms with E-state index in [2.05, 4.69) is 49.2 Å². The Labute approximate surface area is 135 Å².